The van der Waals surface area contributed by atoms with E-state index in [9.17, 15) is 14.7 Å². The predicted molar refractivity (Wildman–Crippen MR) is 84.6 cm³/mol. The molecule has 6 heteroatoms. The molecule has 0 saturated carbocycles. The summed E-state index contributed by atoms with van der Waals surface area (Å²) in [6.45, 7) is 0.729. The first-order valence-corrected chi connectivity index (χ1v) is 7.55. The van der Waals surface area contributed by atoms with Gasteiger partial charge in [0, 0.05) is 23.9 Å². The highest BCUT2D eigenvalue weighted by Crippen LogP contribution is 2.25. The Hall–Kier alpha value is -2.60. The van der Waals surface area contributed by atoms with Crippen LogP contribution in [0.2, 0.25) is 0 Å². The van der Waals surface area contributed by atoms with Crippen LogP contribution >= 0.6 is 0 Å². The van der Waals surface area contributed by atoms with Gasteiger partial charge in [-0.1, -0.05) is 6.07 Å². The number of aliphatic hydroxyl groups excluding tert-OH is 1. The molecule has 2 heterocycles. The Morgan fingerprint density at radius 3 is 3.04 bits per heavy atom. The molecule has 120 valence electrons. The lowest BCUT2D eigenvalue weighted by molar-refractivity contribution is 0.0914. The lowest BCUT2D eigenvalue weighted by atomic mass is 10.0. The van der Waals surface area contributed by atoms with E-state index in [2.05, 4.69) is 10.3 Å². The van der Waals surface area contributed by atoms with Gasteiger partial charge in [0.05, 0.1) is 6.61 Å². The molecule has 1 aromatic heterocycles. The van der Waals surface area contributed by atoms with Crippen molar-refractivity contribution in [2.45, 2.75) is 18.9 Å². The molecule has 0 spiro atoms. The van der Waals surface area contributed by atoms with Crippen LogP contribution in [0.3, 0.4) is 0 Å². The van der Waals surface area contributed by atoms with Crippen molar-refractivity contribution in [1.82, 2.24) is 10.3 Å². The summed E-state index contributed by atoms with van der Waals surface area (Å²) in [5.74, 6) is 0.561. The minimum Gasteiger partial charge on any atom is -0.493 e. The minimum atomic E-state index is -0.964. The van der Waals surface area contributed by atoms with Gasteiger partial charge in [0.25, 0.3) is 5.91 Å². The number of hydrogen-bond acceptors (Lipinski definition) is 4. The molecular weight excluding hydrogens is 296 g/mol. The first kappa shape index (κ1) is 15.3. The summed E-state index contributed by atoms with van der Waals surface area (Å²) in [6.07, 6.45) is 0.872. The Labute approximate surface area is 133 Å². The number of aromatic amines is 1. The van der Waals surface area contributed by atoms with Crippen LogP contribution in [0.1, 0.15) is 34.1 Å². The molecule has 0 bridgehead atoms. The maximum atomic E-state index is 12.2. The average molecular weight is 314 g/mol. The van der Waals surface area contributed by atoms with Crippen LogP contribution in [-0.4, -0.2) is 29.1 Å². The zero-order valence-electron chi connectivity index (χ0n) is 12.5. The number of hydrogen-bond donors (Lipinski definition) is 3. The smallest absolute Gasteiger partial charge is 0.251 e. The number of fused-ring (bicyclic) bond motifs is 1. The van der Waals surface area contributed by atoms with Crippen molar-refractivity contribution >= 4 is 5.91 Å². The van der Waals surface area contributed by atoms with Crippen molar-refractivity contribution < 1.29 is 14.6 Å². The predicted octanol–water partition coefficient (Wildman–Crippen LogP) is 1.16. The molecule has 6 nitrogen and oxygen atoms in total. The minimum absolute atomic E-state index is 0.0202. The number of benzene rings is 1. The number of aromatic nitrogens is 1. The molecule has 1 atom stereocenters. The van der Waals surface area contributed by atoms with Gasteiger partial charge in [-0.25, -0.2) is 0 Å². The standard InChI is InChI=1S/C17H18N2O4/c20-14(13-4-1-5-16(21)19-13)10-18-17(22)12-6-7-15-11(9-12)3-2-8-23-15/h1,4-7,9,14,20H,2-3,8,10H2,(H,18,22)(H,19,21). The van der Waals surface area contributed by atoms with E-state index in [-0.39, 0.29) is 18.0 Å². The van der Waals surface area contributed by atoms with Gasteiger partial charge >= 0.3 is 0 Å². The van der Waals surface area contributed by atoms with E-state index < -0.39 is 6.10 Å². The molecule has 1 aliphatic rings. The van der Waals surface area contributed by atoms with Crippen LogP contribution in [0, 0.1) is 0 Å². The van der Waals surface area contributed by atoms with Gasteiger partial charge in [-0.3, -0.25) is 9.59 Å². The van der Waals surface area contributed by atoms with Crippen LogP contribution in [0.4, 0.5) is 0 Å². The Morgan fingerprint density at radius 2 is 2.22 bits per heavy atom. The second-order valence-corrected chi connectivity index (χ2v) is 5.47. The van der Waals surface area contributed by atoms with E-state index in [1.165, 1.54) is 6.07 Å². The molecule has 1 amide bonds. The van der Waals surface area contributed by atoms with Crippen LogP contribution < -0.4 is 15.6 Å². The number of carbonyl (C=O) groups is 1. The zero-order valence-corrected chi connectivity index (χ0v) is 12.5. The van der Waals surface area contributed by atoms with Crippen molar-refractivity contribution in [3.63, 3.8) is 0 Å². The highest BCUT2D eigenvalue weighted by atomic mass is 16.5. The van der Waals surface area contributed by atoms with Crippen molar-refractivity contribution in [2.75, 3.05) is 13.2 Å². The highest BCUT2D eigenvalue weighted by molar-refractivity contribution is 5.94. The topological polar surface area (TPSA) is 91.4 Å². The lowest BCUT2D eigenvalue weighted by Crippen LogP contribution is -2.29. The molecule has 2 aromatic rings. The molecule has 3 N–H and O–H groups in total. The van der Waals surface area contributed by atoms with E-state index in [4.69, 9.17) is 4.74 Å². The number of carbonyl (C=O) groups excluding carboxylic acids is 1. The third-order valence-corrected chi connectivity index (χ3v) is 3.78. The van der Waals surface area contributed by atoms with Crippen LogP contribution in [0.15, 0.2) is 41.2 Å². The van der Waals surface area contributed by atoms with Gasteiger partial charge in [0.2, 0.25) is 5.56 Å². The van der Waals surface area contributed by atoms with Gasteiger partial charge in [-0.2, -0.15) is 0 Å². The maximum absolute atomic E-state index is 12.2. The van der Waals surface area contributed by atoms with E-state index in [0.717, 1.165) is 24.2 Å². The molecule has 0 saturated heterocycles. The summed E-state index contributed by atoms with van der Waals surface area (Å²) in [5.41, 5.74) is 1.64. The lowest BCUT2D eigenvalue weighted by Gasteiger charge is -2.18. The van der Waals surface area contributed by atoms with Crippen molar-refractivity contribution in [2.24, 2.45) is 0 Å². The number of aryl methyl sites for hydroxylation is 1. The number of aliphatic hydroxyl groups is 1. The molecule has 23 heavy (non-hydrogen) atoms. The summed E-state index contributed by atoms with van der Waals surface area (Å²) < 4.78 is 5.52. The van der Waals surface area contributed by atoms with Crippen LogP contribution in [0.5, 0.6) is 5.75 Å². The van der Waals surface area contributed by atoms with Gasteiger partial charge in [0.15, 0.2) is 0 Å². The van der Waals surface area contributed by atoms with Crippen molar-refractivity contribution in [1.29, 1.82) is 0 Å². The van der Waals surface area contributed by atoms with Gasteiger partial charge in [-0.05, 0) is 42.7 Å². The Balaban J connectivity index is 1.64. The molecular formula is C17H18N2O4. The fourth-order valence-corrected chi connectivity index (χ4v) is 2.56. The molecule has 3 rings (SSSR count). The molecule has 0 radical (unpaired) electrons. The number of amides is 1. The molecule has 0 aliphatic carbocycles. The first-order chi connectivity index (χ1) is 11.1. The fraction of sp³-hybridized carbons (Fsp3) is 0.294. The second-order valence-electron chi connectivity index (χ2n) is 5.47. The molecule has 0 fully saturated rings. The summed E-state index contributed by atoms with van der Waals surface area (Å²) in [6, 6.07) is 9.85. The first-order valence-electron chi connectivity index (χ1n) is 7.55. The summed E-state index contributed by atoms with van der Waals surface area (Å²) in [5, 5.41) is 12.7. The second kappa shape index (κ2) is 6.66. The fourth-order valence-electron chi connectivity index (χ4n) is 2.56. The summed E-state index contributed by atoms with van der Waals surface area (Å²) in [7, 11) is 0. The normalized spacial score (nSPS) is 14.5. The number of nitrogens with one attached hydrogen (secondary N) is 2. The summed E-state index contributed by atoms with van der Waals surface area (Å²) in [4.78, 5) is 26.0. The number of H-pyrrole nitrogens is 1. The number of ether oxygens (including phenoxy) is 1. The van der Waals surface area contributed by atoms with Gasteiger partial charge in [-0.15, -0.1) is 0 Å². The van der Waals surface area contributed by atoms with Crippen LogP contribution in [-0.2, 0) is 6.42 Å². The summed E-state index contributed by atoms with van der Waals surface area (Å²) >= 11 is 0. The quantitative estimate of drug-likeness (QED) is 0.790. The SMILES string of the molecule is O=C(NCC(O)c1cccc(=O)[nH]1)c1ccc2c(c1)CCCO2. The van der Waals surface area contributed by atoms with E-state index >= 15 is 0 Å². The van der Waals surface area contributed by atoms with E-state index in [1.54, 1.807) is 24.3 Å². The Kier molecular flexibility index (Phi) is 4.43. The van der Waals surface area contributed by atoms with Crippen molar-refractivity contribution in [3.05, 3.63) is 63.6 Å². The van der Waals surface area contributed by atoms with Crippen LogP contribution in [0.25, 0.3) is 0 Å². The molecule has 1 aromatic carbocycles. The molecule has 1 aliphatic heterocycles. The maximum Gasteiger partial charge on any atom is 0.251 e. The van der Waals surface area contributed by atoms with Gasteiger partial charge in [0.1, 0.15) is 11.9 Å². The Bertz CT molecular complexity index is 769. The molecule has 1 unspecified atom stereocenters. The Morgan fingerprint density at radius 1 is 1.35 bits per heavy atom. The highest BCUT2D eigenvalue weighted by Gasteiger charge is 2.15. The van der Waals surface area contributed by atoms with E-state index in [0.29, 0.717) is 17.9 Å². The average Bonchev–Trinajstić information content (AvgIpc) is 2.59. The zero-order chi connectivity index (χ0) is 16.2. The third kappa shape index (κ3) is 3.60. The monoisotopic (exact) mass is 314 g/mol. The largest absolute Gasteiger partial charge is 0.493 e. The van der Waals surface area contributed by atoms with Gasteiger partial charge < -0.3 is 20.1 Å². The van der Waals surface area contributed by atoms with E-state index in [1.807, 2.05) is 6.07 Å². The van der Waals surface area contributed by atoms with Crippen molar-refractivity contribution in [3.8, 4) is 5.75 Å². The number of rotatable bonds is 4. The third-order valence-electron chi connectivity index (χ3n) is 3.78. The number of pyridine rings is 1.